The molecule has 3 atom stereocenters. The smallest absolute Gasteiger partial charge is 0.268 e. The third-order valence-corrected chi connectivity index (χ3v) is 10.9. The lowest BCUT2D eigenvalue weighted by molar-refractivity contribution is -0.870. The highest BCUT2D eigenvalue weighted by Gasteiger charge is 2.24. The van der Waals surface area contributed by atoms with Crippen molar-refractivity contribution in [2.75, 3.05) is 40.9 Å². The second-order valence-electron chi connectivity index (χ2n) is 17.1. The van der Waals surface area contributed by atoms with Gasteiger partial charge in [-0.1, -0.05) is 186 Å². The van der Waals surface area contributed by atoms with E-state index in [4.69, 9.17) is 9.05 Å². The van der Waals surface area contributed by atoms with Crippen molar-refractivity contribution in [2.24, 2.45) is 0 Å². The Bertz CT molecular complexity index is 1490. The number of hydrogen-bond acceptors (Lipinski definition) is 6. The van der Waals surface area contributed by atoms with Crippen LogP contribution in [0.25, 0.3) is 0 Å². The van der Waals surface area contributed by atoms with Crippen molar-refractivity contribution in [1.82, 2.24) is 5.32 Å². The van der Waals surface area contributed by atoms with E-state index in [2.05, 4.69) is 153 Å². The number of allylic oxidation sites excluding steroid dienone is 22. The molecule has 362 valence electrons. The molecule has 0 aliphatic carbocycles. The zero-order valence-corrected chi connectivity index (χ0v) is 41.8. The molecule has 0 bridgehead atoms. The molecule has 0 aromatic heterocycles. The Morgan fingerprint density at radius 3 is 1.36 bits per heavy atom. The number of likely N-dealkylation sites (N-methyl/N-ethyl adjacent to an activating group) is 1. The summed E-state index contributed by atoms with van der Waals surface area (Å²) in [4.78, 5) is 25.1. The maximum absolute atomic E-state index is 12.8. The van der Waals surface area contributed by atoms with Gasteiger partial charge in [-0.15, -0.1) is 0 Å². The van der Waals surface area contributed by atoms with Crippen LogP contribution in [0.15, 0.2) is 134 Å². The summed E-state index contributed by atoms with van der Waals surface area (Å²) in [7, 11) is 1.25. The van der Waals surface area contributed by atoms with Crippen molar-refractivity contribution in [3.63, 3.8) is 0 Å². The summed E-state index contributed by atoms with van der Waals surface area (Å²) < 4.78 is 23.0. The number of nitrogens with zero attached hydrogens (tertiary/aromatic N) is 1. The van der Waals surface area contributed by atoms with Gasteiger partial charge in [0.15, 0.2) is 0 Å². The quantitative estimate of drug-likeness (QED) is 0.0273. The molecule has 0 saturated carbocycles. The molecule has 3 unspecified atom stereocenters. The number of aliphatic hydroxyl groups is 1. The Labute approximate surface area is 392 Å². The second-order valence-corrected chi connectivity index (χ2v) is 18.5. The first kappa shape index (κ1) is 60.6. The van der Waals surface area contributed by atoms with Crippen LogP contribution >= 0.6 is 7.82 Å². The van der Waals surface area contributed by atoms with Crippen LogP contribution in [-0.2, 0) is 18.4 Å². The Morgan fingerprint density at radius 2 is 0.953 bits per heavy atom. The maximum Gasteiger partial charge on any atom is 0.268 e. The first-order chi connectivity index (χ1) is 31.0. The highest BCUT2D eigenvalue weighted by Crippen LogP contribution is 2.38. The third-order valence-electron chi connectivity index (χ3n) is 9.90. The molecule has 8 nitrogen and oxygen atoms in total. The van der Waals surface area contributed by atoms with E-state index in [0.717, 1.165) is 128 Å². The standard InChI is InChI=1S/C55H91N2O6P/c1-6-8-10-12-13-14-15-16-17-18-19-20-21-22-23-24-25-26-27-28-29-30-31-32-33-34-35-36-37-38-39-40-41-42-43-45-47-49-55(59)56-53(54(58)48-46-44-11-9-7-2)52-63-64(60,61)62-51-50-57(3,4)5/h8,10,13-14,16-17,19-20,22-23,25-26,28-29,31-32,34-35,37-38,40-41,53-54,58H,6-7,9,11-12,15,18,21,24,27,30,33,36,39,42-52H2,1-5H3,(H-,56,59,60,61)/b10-8-,14-13-,17-16-,20-19-,23-22-,26-25-,29-28-,32-31-,35-34-,38-37-,41-40-. The van der Waals surface area contributed by atoms with Crippen LogP contribution in [0.4, 0.5) is 0 Å². The first-order valence-electron chi connectivity index (χ1n) is 24.5. The highest BCUT2D eigenvalue weighted by atomic mass is 31.2. The second kappa shape index (κ2) is 44.8. The van der Waals surface area contributed by atoms with Gasteiger partial charge in [0.1, 0.15) is 13.2 Å². The number of aliphatic hydroxyl groups excluding tert-OH is 1. The molecule has 0 heterocycles. The normalized spacial score (nSPS) is 15.3. The average Bonchev–Trinajstić information content (AvgIpc) is 3.25. The number of carbonyl (C=O) groups is 1. The summed E-state index contributed by atoms with van der Waals surface area (Å²) >= 11 is 0. The molecule has 0 aromatic rings. The Kier molecular flexibility index (Phi) is 42.5. The van der Waals surface area contributed by atoms with Gasteiger partial charge in [-0.3, -0.25) is 9.36 Å². The summed E-state index contributed by atoms with van der Waals surface area (Å²) in [6.07, 6.45) is 68.1. The zero-order chi connectivity index (χ0) is 47.1. The molecule has 0 radical (unpaired) electrons. The minimum Gasteiger partial charge on any atom is -0.756 e. The average molecular weight is 907 g/mol. The van der Waals surface area contributed by atoms with E-state index in [1.54, 1.807) is 0 Å². The third kappa shape index (κ3) is 46.6. The van der Waals surface area contributed by atoms with Crippen molar-refractivity contribution in [3.05, 3.63) is 134 Å². The molecule has 0 spiro atoms. The number of unbranched alkanes of at least 4 members (excludes halogenated alkanes) is 7. The molecular formula is C55H91N2O6P. The van der Waals surface area contributed by atoms with E-state index < -0.39 is 20.0 Å². The SMILES string of the molecule is CC/C=C\C/C=C\C/C=C\C/C=C\C/C=C\C/C=C\C/C=C\C/C=C\C/C=C\C/C=C\C/C=C\CCCCCC(=O)NC(COP(=O)([O-])OCC[N+](C)(C)C)C(O)CCCCCCC. The van der Waals surface area contributed by atoms with Crippen LogP contribution in [0.2, 0.25) is 0 Å². The number of hydrogen-bond donors (Lipinski definition) is 2. The predicted molar refractivity (Wildman–Crippen MR) is 274 cm³/mol. The van der Waals surface area contributed by atoms with E-state index in [-0.39, 0.29) is 19.1 Å². The molecular weight excluding hydrogens is 816 g/mol. The molecule has 0 rings (SSSR count). The van der Waals surface area contributed by atoms with Gasteiger partial charge < -0.3 is 28.8 Å². The van der Waals surface area contributed by atoms with Gasteiger partial charge in [0.25, 0.3) is 7.82 Å². The predicted octanol–water partition coefficient (Wildman–Crippen LogP) is 13.8. The van der Waals surface area contributed by atoms with Crippen molar-refractivity contribution in [1.29, 1.82) is 0 Å². The molecule has 0 fully saturated rings. The maximum atomic E-state index is 12.8. The van der Waals surface area contributed by atoms with E-state index in [1.807, 2.05) is 21.1 Å². The molecule has 9 heteroatoms. The number of nitrogens with one attached hydrogen (secondary N) is 1. The first-order valence-corrected chi connectivity index (χ1v) is 26.0. The summed E-state index contributed by atoms with van der Waals surface area (Å²) in [5.74, 6) is -0.211. The van der Waals surface area contributed by atoms with Gasteiger partial charge >= 0.3 is 0 Å². The number of rotatable bonds is 42. The number of amides is 1. The molecule has 1 amide bonds. The Morgan fingerprint density at radius 1 is 0.562 bits per heavy atom. The van der Waals surface area contributed by atoms with E-state index in [9.17, 15) is 19.4 Å². The summed E-state index contributed by atoms with van der Waals surface area (Å²) in [6.45, 7) is 4.44. The Balaban J connectivity index is 4.09. The van der Waals surface area contributed by atoms with Gasteiger partial charge in [-0.05, 0) is 96.3 Å². The van der Waals surface area contributed by atoms with Gasteiger partial charge in [0, 0.05) is 6.42 Å². The monoisotopic (exact) mass is 907 g/mol. The lowest BCUT2D eigenvalue weighted by atomic mass is 10.0. The molecule has 0 saturated heterocycles. The van der Waals surface area contributed by atoms with Gasteiger partial charge in [-0.2, -0.15) is 0 Å². The molecule has 0 aliphatic heterocycles. The summed E-state index contributed by atoms with van der Waals surface area (Å²) in [6, 6.07) is -0.824. The largest absolute Gasteiger partial charge is 0.756 e. The fourth-order valence-electron chi connectivity index (χ4n) is 6.04. The topological polar surface area (TPSA) is 108 Å². The van der Waals surface area contributed by atoms with Gasteiger partial charge in [0.05, 0.1) is 39.9 Å². The number of phosphoric acid groups is 1. The molecule has 64 heavy (non-hydrogen) atoms. The summed E-state index contributed by atoms with van der Waals surface area (Å²) in [5, 5.41) is 13.7. The molecule has 0 aromatic carbocycles. The fraction of sp³-hybridized carbons (Fsp3) is 0.582. The van der Waals surface area contributed by atoms with Crippen molar-refractivity contribution >= 4 is 13.7 Å². The minimum atomic E-state index is -4.57. The Hall–Kier alpha value is -3.36. The van der Waals surface area contributed by atoms with E-state index >= 15 is 0 Å². The van der Waals surface area contributed by atoms with Crippen LogP contribution in [0.1, 0.15) is 155 Å². The molecule has 2 N–H and O–H groups in total. The van der Waals surface area contributed by atoms with Crippen LogP contribution in [-0.4, -0.2) is 68.5 Å². The van der Waals surface area contributed by atoms with Crippen LogP contribution in [0.3, 0.4) is 0 Å². The highest BCUT2D eigenvalue weighted by molar-refractivity contribution is 7.45. The van der Waals surface area contributed by atoms with Crippen molar-refractivity contribution in [3.8, 4) is 0 Å². The summed E-state index contributed by atoms with van der Waals surface area (Å²) in [5.41, 5.74) is 0. The number of carbonyl (C=O) groups excluding carboxylic acids is 1. The van der Waals surface area contributed by atoms with Crippen molar-refractivity contribution in [2.45, 2.75) is 167 Å². The van der Waals surface area contributed by atoms with Crippen LogP contribution in [0.5, 0.6) is 0 Å². The fourth-order valence-corrected chi connectivity index (χ4v) is 6.76. The van der Waals surface area contributed by atoms with E-state index in [1.165, 1.54) is 0 Å². The number of quaternary nitrogens is 1. The lowest BCUT2D eigenvalue weighted by Crippen LogP contribution is -2.46. The lowest BCUT2D eigenvalue weighted by Gasteiger charge is -2.30. The van der Waals surface area contributed by atoms with Crippen molar-refractivity contribution < 1.29 is 32.9 Å². The van der Waals surface area contributed by atoms with Gasteiger partial charge in [0.2, 0.25) is 5.91 Å². The minimum absolute atomic E-state index is 0.00338. The molecule has 0 aliphatic rings. The van der Waals surface area contributed by atoms with Crippen LogP contribution in [0, 0.1) is 0 Å². The van der Waals surface area contributed by atoms with Crippen LogP contribution < -0.4 is 10.2 Å². The zero-order valence-electron chi connectivity index (χ0n) is 40.9. The van der Waals surface area contributed by atoms with Gasteiger partial charge in [-0.25, -0.2) is 0 Å². The number of phosphoric ester groups is 1. The van der Waals surface area contributed by atoms with E-state index in [0.29, 0.717) is 23.9 Å².